The van der Waals surface area contributed by atoms with E-state index in [0.29, 0.717) is 17.0 Å². The molecule has 2 rings (SSSR count). The van der Waals surface area contributed by atoms with E-state index in [-0.39, 0.29) is 0 Å². The highest BCUT2D eigenvalue weighted by molar-refractivity contribution is 6.61. The molecule has 19 heavy (non-hydrogen) atoms. The van der Waals surface area contributed by atoms with Gasteiger partial charge in [0.25, 0.3) is 0 Å². The summed E-state index contributed by atoms with van der Waals surface area (Å²) in [7, 11) is 0.907. The minimum atomic E-state index is -0.598. The van der Waals surface area contributed by atoms with E-state index in [1.807, 2.05) is 27.7 Å². The van der Waals surface area contributed by atoms with Crippen molar-refractivity contribution in [2.45, 2.75) is 38.9 Å². The number of aldehydes is 1. The van der Waals surface area contributed by atoms with Gasteiger partial charge in [-0.05, 0) is 33.8 Å². The van der Waals surface area contributed by atoms with Gasteiger partial charge in [0.2, 0.25) is 5.88 Å². The van der Waals surface area contributed by atoms with Crippen LogP contribution in [-0.2, 0) is 9.31 Å². The van der Waals surface area contributed by atoms with Gasteiger partial charge in [-0.3, -0.25) is 4.79 Å². The Labute approximate surface area is 113 Å². The summed E-state index contributed by atoms with van der Waals surface area (Å²) < 4.78 is 16.9. The third-order valence-electron chi connectivity index (χ3n) is 3.68. The zero-order chi connectivity index (χ0) is 14.3. The summed E-state index contributed by atoms with van der Waals surface area (Å²) in [5.74, 6) is 0.370. The minimum Gasteiger partial charge on any atom is -0.481 e. The van der Waals surface area contributed by atoms with Crippen LogP contribution in [0, 0.1) is 0 Å². The van der Waals surface area contributed by atoms with Gasteiger partial charge in [0.15, 0.2) is 0 Å². The second-order valence-corrected chi connectivity index (χ2v) is 5.57. The largest absolute Gasteiger partial charge is 0.514 e. The zero-order valence-corrected chi connectivity index (χ0v) is 11.9. The molecule has 1 aliphatic heterocycles. The fraction of sp³-hybridized carbons (Fsp3) is 0.538. The van der Waals surface area contributed by atoms with Crippen molar-refractivity contribution in [1.82, 2.24) is 4.98 Å². The van der Waals surface area contributed by atoms with E-state index in [1.165, 1.54) is 7.11 Å². The SMILES string of the molecule is COc1cc(C=O)cc(B2OC(C)(C)C(C)(C)O2)n1. The van der Waals surface area contributed by atoms with Crippen LogP contribution < -0.4 is 10.3 Å². The second-order valence-electron chi connectivity index (χ2n) is 5.57. The second kappa shape index (κ2) is 4.61. The third-order valence-corrected chi connectivity index (χ3v) is 3.68. The van der Waals surface area contributed by atoms with Gasteiger partial charge in [-0.15, -0.1) is 0 Å². The Morgan fingerprint density at radius 1 is 1.21 bits per heavy atom. The summed E-state index contributed by atoms with van der Waals surface area (Å²) >= 11 is 0. The molecule has 0 unspecified atom stereocenters. The number of ether oxygens (including phenoxy) is 1. The number of carbonyl (C=O) groups excluding carboxylic acids is 1. The predicted molar refractivity (Wildman–Crippen MR) is 71.9 cm³/mol. The highest BCUT2D eigenvalue weighted by Crippen LogP contribution is 2.36. The lowest BCUT2D eigenvalue weighted by atomic mass is 9.83. The van der Waals surface area contributed by atoms with E-state index in [0.717, 1.165) is 6.29 Å². The van der Waals surface area contributed by atoms with Crippen molar-refractivity contribution in [3.05, 3.63) is 17.7 Å². The number of rotatable bonds is 3. The van der Waals surface area contributed by atoms with Gasteiger partial charge in [-0.25, -0.2) is 4.98 Å². The van der Waals surface area contributed by atoms with Crippen molar-refractivity contribution >= 4 is 19.0 Å². The van der Waals surface area contributed by atoms with Gasteiger partial charge in [-0.1, -0.05) is 0 Å². The summed E-state index contributed by atoms with van der Waals surface area (Å²) in [6.07, 6.45) is 0.749. The molecule has 1 aliphatic rings. The Hall–Kier alpha value is -1.40. The van der Waals surface area contributed by atoms with Crippen LogP contribution >= 0.6 is 0 Å². The van der Waals surface area contributed by atoms with Gasteiger partial charge in [0.05, 0.1) is 23.9 Å². The van der Waals surface area contributed by atoms with E-state index in [2.05, 4.69) is 4.98 Å². The Kier molecular flexibility index (Phi) is 3.41. The summed E-state index contributed by atoms with van der Waals surface area (Å²) in [5.41, 5.74) is 0.143. The molecule has 6 heteroatoms. The number of methoxy groups -OCH3 is 1. The first-order chi connectivity index (χ1) is 8.79. The van der Waals surface area contributed by atoms with E-state index in [4.69, 9.17) is 14.0 Å². The Bertz CT molecular complexity index is 485. The first-order valence-corrected chi connectivity index (χ1v) is 6.16. The molecule has 0 atom stereocenters. The van der Waals surface area contributed by atoms with Gasteiger partial charge in [0, 0.05) is 11.6 Å². The first-order valence-electron chi connectivity index (χ1n) is 6.16. The molecule has 1 fully saturated rings. The maximum atomic E-state index is 10.9. The zero-order valence-electron chi connectivity index (χ0n) is 11.9. The van der Waals surface area contributed by atoms with Crippen molar-refractivity contribution < 1.29 is 18.8 Å². The fourth-order valence-corrected chi connectivity index (χ4v) is 1.80. The lowest BCUT2D eigenvalue weighted by Gasteiger charge is -2.32. The predicted octanol–water partition coefficient (Wildman–Crippen LogP) is 1.20. The molecule has 0 bridgehead atoms. The maximum absolute atomic E-state index is 10.9. The van der Waals surface area contributed by atoms with Crippen molar-refractivity contribution in [2.75, 3.05) is 7.11 Å². The number of nitrogens with zero attached hydrogens (tertiary/aromatic N) is 1. The van der Waals surface area contributed by atoms with Crippen molar-refractivity contribution in [3.8, 4) is 5.88 Å². The summed E-state index contributed by atoms with van der Waals surface area (Å²) in [5, 5.41) is 0. The number of carbonyl (C=O) groups is 1. The molecule has 0 N–H and O–H groups in total. The molecule has 1 aromatic rings. The van der Waals surface area contributed by atoms with Crippen molar-refractivity contribution in [3.63, 3.8) is 0 Å². The molecular formula is C13H18BNO4. The standard InChI is InChI=1S/C13H18BNO4/c1-12(2)13(3,4)19-14(18-12)10-6-9(8-16)7-11(15-10)17-5/h6-8H,1-5H3. The van der Waals surface area contributed by atoms with E-state index >= 15 is 0 Å². The number of hydrogen-bond acceptors (Lipinski definition) is 5. The molecular weight excluding hydrogens is 245 g/mol. The molecule has 2 heterocycles. The monoisotopic (exact) mass is 263 g/mol. The molecule has 0 amide bonds. The molecule has 1 saturated heterocycles. The van der Waals surface area contributed by atoms with Crippen LogP contribution in [0.25, 0.3) is 0 Å². The molecule has 0 saturated carbocycles. The summed E-state index contributed by atoms with van der Waals surface area (Å²) in [6.45, 7) is 7.86. The quantitative estimate of drug-likeness (QED) is 0.605. The molecule has 102 valence electrons. The van der Waals surface area contributed by atoms with Gasteiger partial charge >= 0.3 is 7.12 Å². The highest BCUT2D eigenvalue weighted by atomic mass is 16.7. The number of hydrogen-bond donors (Lipinski definition) is 0. The van der Waals surface area contributed by atoms with Crippen molar-refractivity contribution in [2.24, 2.45) is 0 Å². The average Bonchev–Trinajstić information content (AvgIpc) is 2.58. The molecule has 0 aliphatic carbocycles. The Morgan fingerprint density at radius 3 is 2.26 bits per heavy atom. The van der Waals surface area contributed by atoms with E-state index in [9.17, 15) is 4.79 Å². The highest BCUT2D eigenvalue weighted by Gasteiger charge is 2.52. The van der Waals surface area contributed by atoms with Crippen LogP contribution in [0.4, 0.5) is 0 Å². The lowest BCUT2D eigenvalue weighted by molar-refractivity contribution is 0.00578. The molecule has 5 nitrogen and oxygen atoms in total. The smallest absolute Gasteiger partial charge is 0.481 e. The van der Waals surface area contributed by atoms with Crippen LogP contribution in [0.2, 0.25) is 0 Å². The number of pyridine rings is 1. The van der Waals surface area contributed by atoms with Gasteiger partial charge < -0.3 is 14.0 Å². The lowest BCUT2D eigenvalue weighted by Crippen LogP contribution is -2.41. The van der Waals surface area contributed by atoms with E-state index in [1.54, 1.807) is 12.1 Å². The van der Waals surface area contributed by atoms with E-state index < -0.39 is 18.3 Å². The van der Waals surface area contributed by atoms with Crippen LogP contribution in [0.15, 0.2) is 12.1 Å². The molecule has 0 spiro atoms. The van der Waals surface area contributed by atoms with Crippen LogP contribution in [-0.4, -0.2) is 36.7 Å². The average molecular weight is 263 g/mol. The van der Waals surface area contributed by atoms with Crippen LogP contribution in [0.5, 0.6) is 5.88 Å². The fourth-order valence-electron chi connectivity index (χ4n) is 1.80. The summed E-state index contributed by atoms with van der Waals surface area (Å²) in [6, 6.07) is 3.22. The Morgan fingerprint density at radius 2 is 1.79 bits per heavy atom. The molecule has 1 aromatic heterocycles. The number of aromatic nitrogens is 1. The topological polar surface area (TPSA) is 57.7 Å². The maximum Gasteiger partial charge on any atom is 0.514 e. The minimum absolute atomic E-state index is 0.370. The van der Waals surface area contributed by atoms with Crippen LogP contribution in [0.3, 0.4) is 0 Å². The normalized spacial score (nSPS) is 20.4. The third kappa shape index (κ3) is 2.50. The van der Waals surface area contributed by atoms with Gasteiger partial charge in [0.1, 0.15) is 6.29 Å². The van der Waals surface area contributed by atoms with Crippen LogP contribution in [0.1, 0.15) is 38.1 Å². The molecule has 0 radical (unpaired) electrons. The first kappa shape index (κ1) is 14.0. The van der Waals surface area contributed by atoms with Gasteiger partial charge in [-0.2, -0.15) is 0 Å². The summed E-state index contributed by atoms with van der Waals surface area (Å²) in [4.78, 5) is 15.2. The molecule has 0 aromatic carbocycles. The van der Waals surface area contributed by atoms with Crippen molar-refractivity contribution in [1.29, 1.82) is 0 Å². The Balaban J connectivity index is 2.36.